The van der Waals surface area contributed by atoms with E-state index in [0.29, 0.717) is 0 Å². The van der Waals surface area contributed by atoms with Gasteiger partial charge in [-0.15, -0.1) is 0 Å². The van der Waals surface area contributed by atoms with Crippen LogP contribution in [0.15, 0.2) is 18.5 Å². The molecule has 0 aliphatic carbocycles. The van der Waals surface area contributed by atoms with Crippen LogP contribution in [0.25, 0.3) is 11.0 Å². The van der Waals surface area contributed by atoms with Gasteiger partial charge >= 0.3 is 0 Å². The van der Waals surface area contributed by atoms with Crippen molar-refractivity contribution in [2.24, 2.45) is 12.8 Å². The zero-order valence-corrected chi connectivity index (χ0v) is 8.44. The minimum absolute atomic E-state index is 0.00685. The Morgan fingerprint density at radius 2 is 2.36 bits per heavy atom. The summed E-state index contributed by atoms with van der Waals surface area (Å²) in [6.45, 7) is 2.06. The van der Waals surface area contributed by atoms with Crippen LogP contribution in [0.2, 0.25) is 0 Å². The molecule has 74 valence electrons. The Morgan fingerprint density at radius 1 is 1.57 bits per heavy atom. The number of pyridine rings is 1. The molecule has 2 aromatic rings. The molecule has 0 spiro atoms. The van der Waals surface area contributed by atoms with Gasteiger partial charge in [-0.25, -0.2) is 4.98 Å². The summed E-state index contributed by atoms with van der Waals surface area (Å²) in [5.74, 6) is 0.926. The normalized spacial score (nSPS) is 13.4. The van der Waals surface area contributed by atoms with Crippen LogP contribution >= 0.6 is 0 Å². The minimum Gasteiger partial charge on any atom is -0.329 e. The highest BCUT2D eigenvalue weighted by Crippen LogP contribution is 2.18. The van der Waals surface area contributed by atoms with Crippen LogP contribution < -0.4 is 5.73 Å². The van der Waals surface area contributed by atoms with E-state index in [9.17, 15) is 0 Å². The summed E-state index contributed by atoms with van der Waals surface area (Å²) >= 11 is 0. The van der Waals surface area contributed by atoms with Crippen LogP contribution in [0.5, 0.6) is 0 Å². The molecule has 1 unspecified atom stereocenters. The third kappa shape index (κ3) is 1.28. The molecule has 0 bridgehead atoms. The lowest BCUT2D eigenvalue weighted by molar-refractivity contribution is 0.623. The second-order valence-electron chi connectivity index (χ2n) is 3.41. The molecule has 2 rings (SSSR count). The summed E-state index contributed by atoms with van der Waals surface area (Å²) in [6.07, 6.45) is 4.45. The molecule has 14 heavy (non-hydrogen) atoms. The number of hydrogen-bond donors (Lipinski definition) is 1. The molecule has 0 saturated heterocycles. The second-order valence-corrected chi connectivity index (χ2v) is 3.41. The van der Waals surface area contributed by atoms with Gasteiger partial charge in [0.25, 0.3) is 0 Å². The van der Waals surface area contributed by atoms with Gasteiger partial charge in [-0.3, -0.25) is 4.98 Å². The fourth-order valence-electron chi connectivity index (χ4n) is 1.57. The Bertz CT molecular complexity index is 446. The maximum atomic E-state index is 5.96. The summed E-state index contributed by atoms with van der Waals surface area (Å²) in [4.78, 5) is 8.55. The Hall–Kier alpha value is -1.42. The standard InChI is InChI=1S/C10H14N4/c1-3-7(11)10-13-8-4-5-12-6-9(8)14(10)2/h4-7H,3,11H2,1-2H3. The highest BCUT2D eigenvalue weighted by Gasteiger charge is 2.12. The molecule has 2 N–H and O–H groups in total. The molecule has 1 atom stereocenters. The molecule has 0 saturated carbocycles. The van der Waals surface area contributed by atoms with Crippen LogP contribution in [0.3, 0.4) is 0 Å². The van der Waals surface area contributed by atoms with Gasteiger partial charge in [-0.2, -0.15) is 0 Å². The maximum Gasteiger partial charge on any atom is 0.126 e. The summed E-state index contributed by atoms with van der Waals surface area (Å²) in [6, 6.07) is 1.91. The highest BCUT2D eigenvalue weighted by atomic mass is 15.1. The lowest BCUT2D eigenvalue weighted by atomic mass is 10.2. The fraction of sp³-hybridized carbons (Fsp3) is 0.400. The van der Waals surface area contributed by atoms with Crippen LogP contribution in [0, 0.1) is 0 Å². The summed E-state index contributed by atoms with van der Waals surface area (Å²) < 4.78 is 2.01. The van der Waals surface area contributed by atoms with Gasteiger partial charge in [0.1, 0.15) is 5.82 Å². The molecular formula is C10H14N4. The minimum atomic E-state index is 0.00685. The molecule has 4 heteroatoms. The van der Waals surface area contributed by atoms with Crippen molar-refractivity contribution in [3.8, 4) is 0 Å². The van der Waals surface area contributed by atoms with Crippen LogP contribution in [0.1, 0.15) is 25.2 Å². The zero-order valence-electron chi connectivity index (χ0n) is 8.44. The van der Waals surface area contributed by atoms with E-state index in [4.69, 9.17) is 5.73 Å². The van der Waals surface area contributed by atoms with Gasteiger partial charge < -0.3 is 10.3 Å². The molecule has 0 aliphatic rings. The van der Waals surface area contributed by atoms with E-state index in [-0.39, 0.29) is 6.04 Å². The van der Waals surface area contributed by atoms with Gasteiger partial charge in [-0.05, 0) is 12.5 Å². The first-order valence-electron chi connectivity index (χ1n) is 4.76. The van der Waals surface area contributed by atoms with E-state index in [1.54, 1.807) is 6.20 Å². The van der Waals surface area contributed by atoms with Crippen LogP contribution in [-0.4, -0.2) is 14.5 Å². The van der Waals surface area contributed by atoms with E-state index in [2.05, 4.69) is 16.9 Å². The summed E-state index contributed by atoms with van der Waals surface area (Å²) in [5.41, 5.74) is 7.95. The predicted octanol–water partition coefficient (Wildman–Crippen LogP) is 1.38. The largest absolute Gasteiger partial charge is 0.329 e. The van der Waals surface area contributed by atoms with Crippen molar-refractivity contribution in [3.05, 3.63) is 24.3 Å². The summed E-state index contributed by atoms with van der Waals surface area (Å²) in [7, 11) is 1.97. The van der Waals surface area contributed by atoms with E-state index in [1.165, 1.54) is 0 Å². The topological polar surface area (TPSA) is 56.7 Å². The Labute approximate surface area is 82.8 Å². The number of aromatic nitrogens is 3. The molecule has 0 aromatic carbocycles. The average Bonchev–Trinajstić information content (AvgIpc) is 2.56. The van der Waals surface area contributed by atoms with Gasteiger partial charge in [0, 0.05) is 13.2 Å². The first-order chi connectivity index (χ1) is 6.74. The average molecular weight is 190 g/mol. The SMILES string of the molecule is CCC(N)c1nc2ccncc2n1C. The number of hydrogen-bond acceptors (Lipinski definition) is 3. The van der Waals surface area contributed by atoms with Crippen molar-refractivity contribution in [3.63, 3.8) is 0 Å². The first kappa shape index (κ1) is 9.15. The maximum absolute atomic E-state index is 5.96. The van der Waals surface area contributed by atoms with E-state index in [0.717, 1.165) is 23.3 Å². The van der Waals surface area contributed by atoms with Crippen molar-refractivity contribution >= 4 is 11.0 Å². The van der Waals surface area contributed by atoms with E-state index in [1.807, 2.05) is 23.9 Å². The zero-order chi connectivity index (χ0) is 10.1. The number of fused-ring (bicyclic) bond motifs is 1. The predicted molar refractivity (Wildman–Crippen MR) is 55.7 cm³/mol. The quantitative estimate of drug-likeness (QED) is 0.778. The number of nitrogens with two attached hydrogens (primary N) is 1. The first-order valence-corrected chi connectivity index (χ1v) is 4.76. The van der Waals surface area contributed by atoms with Crippen molar-refractivity contribution < 1.29 is 0 Å². The van der Waals surface area contributed by atoms with Crippen molar-refractivity contribution in [1.29, 1.82) is 0 Å². The molecule has 2 heterocycles. The van der Waals surface area contributed by atoms with Crippen molar-refractivity contribution in [2.45, 2.75) is 19.4 Å². The van der Waals surface area contributed by atoms with Gasteiger partial charge in [0.2, 0.25) is 0 Å². The Kier molecular flexibility index (Phi) is 2.21. The van der Waals surface area contributed by atoms with Crippen LogP contribution in [0.4, 0.5) is 0 Å². The molecule has 0 radical (unpaired) electrons. The molecule has 2 aromatic heterocycles. The molecule has 4 nitrogen and oxygen atoms in total. The molecule has 0 amide bonds. The number of imidazole rings is 1. The van der Waals surface area contributed by atoms with Crippen LogP contribution in [-0.2, 0) is 7.05 Å². The Balaban J connectivity index is 2.62. The molecule has 0 fully saturated rings. The lowest BCUT2D eigenvalue weighted by Crippen LogP contribution is -2.14. The number of rotatable bonds is 2. The lowest BCUT2D eigenvalue weighted by Gasteiger charge is -2.07. The molecule has 0 aliphatic heterocycles. The summed E-state index contributed by atoms with van der Waals surface area (Å²) in [5, 5.41) is 0. The number of aryl methyl sites for hydroxylation is 1. The third-order valence-corrected chi connectivity index (χ3v) is 2.49. The van der Waals surface area contributed by atoms with Gasteiger partial charge in [0.05, 0.1) is 23.3 Å². The molecular weight excluding hydrogens is 176 g/mol. The van der Waals surface area contributed by atoms with E-state index >= 15 is 0 Å². The van der Waals surface area contributed by atoms with Gasteiger partial charge in [-0.1, -0.05) is 6.92 Å². The smallest absolute Gasteiger partial charge is 0.126 e. The van der Waals surface area contributed by atoms with Gasteiger partial charge in [0.15, 0.2) is 0 Å². The second kappa shape index (κ2) is 3.38. The third-order valence-electron chi connectivity index (χ3n) is 2.49. The number of nitrogens with zero attached hydrogens (tertiary/aromatic N) is 3. The highest BCUT2D eigenvalue weighted by molar-refractivity contribution is 5.74. The van der Waals surface area contributed by atoms with Crippen molar-refractivity contribution in [2.75, 3.05) is 0 Å². The van der Waals surface area contributed by atoms with Crippen molar-refractivity contribution in [1.82, 2.24) is 14.5 Å². The van der Waals surface area contributed by atoms with E-state index < -0.39 is 0 Å². The Morgan fingerprint density at radius 3 is 3.00 bits per heavy atom. The fourth-order valence-corrected chi connectivity index (χ4v) is 1.57. The monoisotopic (exact) mass is 190 g/mol.